The summed E-state index contributed by atoms with van der Waals surface area (Å²) in [6.45, 7) is 0. The van der Waals surface area contributed by atoms with Crippen molar-refractivity contribution < 1.29 is 5.11 Å². The van der Waals surface area contributed by atoms with E-state index in [1.165, 1.54) is 0 Å². The van der Waals surface area contributed by atoms with Gasteiger partial charge in [0.05, 0.1) is 11.4 Å². The highest BCUT2D eigenvalue weighted by Crippen LogP contribution is 2.26. The summed E-state index contributed by atoms with van der Waals surface area (Å²) in [5, 5.41) is 10.3. The minimum absolute atomic E-state index is 0.469. The Hall–Kier alpha value is -2.23. The quantitative estimate of drug-likeness (QED) is 0.764. The zero-order valence-corrected chi connectivity index (χ0v) is 10.3. The monoisotopic (exact) mass is 250 g/mol. The number of benzene rings is 2. The molecule has 1 aliphatic carbocycles. The number of hydrogen-bond acceptors (Lipinski definition) is 3. The molecule has 3 heteroatoms. The average molecular weight is 250 g/mol. The fraction of sp³-hybridized carbons (Fsp3) is 0.0625. The van der Waals surface area contributed by atoms with Gasteiger partial charge in [0.25, 0.3) is 0 Å². The van der Waals surface area contributed by atoms with E-state index >= 15 is 0 Å². The maximum Gasteiger partial charge on any atom is 0.177 e. The normalized spacial score (nSPS) is 23.4. The van der Waals surface area contributed by atoms with Crippen molar-refractivity contribution in [1.29, 1.82) is 0 Å². The summed E-state index contributed by atoms with van der Waals surface area (Å²) in [6.07, 6.45) is 3.39. The summed E-state index contributed by atoms with van der Waals surface area (Å²) in [4.78, 5) is 4.50. The Bertz CT molecular complexity index is 657. The zero-order chi connectivity index (χ0) is 13.3. The number of aliphatic imine (C=N–C) groups is 1. The fourth-order valence-corrected chi connectivity index (χ4v) is 2.15. The van der Waals surface area contributed by atoms with Crippen LogP contribution >= 0.6 is 0 Å². The molecule has 3 rings (SSSR count). The van der Waals surface area contributed by atoms with Gasteiger partial charge in [-0.1, -0.05) is 48.5 Å². The number of aliphatic hydroxyl groups is 1. The molecule has 94 valence electrons. The predicted molar refractivity (Wildman–Crippen MR) is 77.3 cm³/mol. The summed E-state index contributed by atoms with van der Waals surface area (Å²) >= 11 is 0. The van der Waals surface area contributed by atoms with Crippen LogP contribution in [0.2, 0.25) is 0 Å². The molecule has 1 atom stereocenters. The van der Waals surface area contributed by atoms with Gasteiger partial charge in [0, 0.05) is 5.56 Å². The summed E-state index contributed by atoms with van der Waals surface area (Å²) in [6, 6.07) is 17.2. The highest BCUT2D eigenvalue weighted by molar-refractivity contribution is 6.12. The van der Waals surface area contributed by atoms with E-state index in [9.17, 15) is 5.11 Å². The van der Waals surface area contributed by atoms with E-state index in [1.807, 2.05) is 60.7 Å². The second-order valence-electron chi connectivity index (χ2n) is 4.54. The summed E-state index contributed by atoms with van der Waals surface area (Å²) in [7, 11) is 0. The van der Waals surface area contributed by atoms with Crippen molar-refractivity contribution in [3.05, 3.63) is 71.8 Å². The number of rotatable bonds is 1. The lowest BCUT2D eigenvalue weighted by Crippen LogP contribution is -2.47. The molecule has 0 aromatic heterocycles. The lowest BCUT2D eigenvalue weighted by molar-refractivity contribution is 0.172. The third-order valence-electron chi connectivity index (χ3n) is 3.11. The van der Waals surface area contributed by atoms with E-state index in [2.05, 4.69) is 4.99 Å². The highest BCUT2D eigenvalue weighted by atomic mass is 16.3. The minimum Gasteiger partial charge on any atom is -0.367 e. The topological polar surface area (TPSA) is 58.6 Å². The second-order valence-corrected chi connectivity index (χ2v) is 4.54. The van der Waals surface area contributed by atoms with Crippen LogP contribution in [0.25, 0.3) is 6.08 Å². The van der Waals surface area contributed by atoms with E-state index in [0.29, 0.717) is 5.71 Å². The molecule has 2 aromatic rings. The third kappa shape index (κ3) is 2.21. The first-order valence-corrected chi connectivity index (χ1v) is 6.11. The van der Waals surface area contributed by atoms with Crippen molar-refractivity contribution in [2.45, 2.75) is 5.72 Å². The maximum absolute atomic E-state index is 10.3. The molecular weight excluding hydrogens is 236 g/mol. The summed E-state index contributed by atoms with van der Waals surface area (Å²) in [5.74, 6) is 0. The summed E-state index contributed by atoms with van der Waals surface area (Å²) < 4.78 is 0. The van der Waals surface area contributed by atoms with Crippen LogP contribution < -0.4 is 5.73 Å². The van der Waals surface area contributed by atoms with Gasteiger partial charge in [0.1, 0.15) is 0 Å². The molecule has 0 spiro atoms. The Morgan fingerprint density at radius 2 is 1.63 bits per heavy atom. The molecule has 3 nitrogen and oxygen atoms in total. The molecule has 0 saturated heterocycles. The third-order valence-corrected chi connectivity index (χ3v) is 3.11. The largest absolute Gasteiger partial charge is 0.367 e. The smallest absolute Gasteiger partial charge is 0.177 e. The van der Waals surface area contributed by atoms with Gasteiger partial charge in [-0.15, -0.1) is 0 Å². The van der Waals surface area contributed by atoms with Crippen LogP contribution in [-0.4, -0.2) is 16.5 Å². The molecule has 0 amide bonds. The van der Waals surface area contributed by atoms with Crippen molar-refractivity contribution in [2.75, 3.05) is 0 Å². The SMILES string of the molecule is NC1(O)C=Cc2ccccc2C1=Nc1ccccc1. The first-order valence-electron chi connectivity index (χ1n) is 6.11. The predicted octanol–water partition coefficient (Wildman–Crippen LogP) is 2.48. The van der Waals surface area contributed by atoms with Crippen LogP contribution in [0.5, 0.6) is 0 Å². The van der Waals surface area contributed by atoms with Crippen LogP contribution in [0, 0.1) is 0 Å². The van der Waals surface area contributed by atoms with Gasteiger partial charge in [-0.2, -0.15) is 0 Å². The van der Waals surface area contributed by atoms with Crippen LogP contribution in [0.4, 0.5) is 5.69 Å². The van der Waals surface area contributed by atoms with E-state index < -0.39 is 5.72 Å². The van der Waals surface area contributed by atoms with Gasteiger partial charge < -0.3 is 5.11 Å². The van der Waals surface area contributed by atoms with E-state index in [0.717, 1.165) is 16.8 Å². The van der Waals surface area contributed by atoms with Crippen molar-refractivity contribution in [3.8, 4) is 0 Å². The molecule has 19 heavy (non-hydrogen) atoms. The molecule has 0 radical (unpaired) electrons. The maximum atomic E-state index is 10.3. The Balaban J connectivity index is 2.18. The van der Waals surface area contributed by atoms with Gasteiger partial charge >= 0.3 is 0 Å². The Morgan fingerprint density at radius 1 is 0.947 bits per heavy atom. The van der Waals surface area contributed by atoms with Crippen molar-refractivity contribution in [1.82, 2.24) is 0 Å². The lowest BCUT2D eigenvalue weighted by Gasteiger charge is -2.26. The number of nitrogens with two attached hydrogens (primary N) is 1. The second kappa shape index (κ2) is 4.46. The highest BCUT2D eigenvalue weighted by Gasteiger charge is 2.31. The fourth-order valence-electron chi connectivity index (χ4n) is 2.15. The Labute approximate surface area is 111 Å². The molecule has 2 aromatic carbocycles. The van der Waals surface area contributed by atoms with Gasteiger partial charge in [-0.3, -0.25) is 5.73 Å². The van der Waals surface area contributed by atoms with Crippen LogP contribution in [0.1, 0.15) is 11.1 Å². The van der Waals surface area contributed by atoms with Crippen molar-refractivity contribution >= 4 is 17.5 Å². The molecule has 0 fully saturated rings. The number of fused-ring (bicyclic) bond motifs is 1. The summed E-state index contributed by atoms with van der Waals surface area (Å²) in [5.41, 5.74) is 7.49. The van der Waals surface area contributed by atoms with Gasteiger partial charge in [-0.25, -0.2) is 4.99 Å². The first-order chi connectivity index (χ1) is 9.17. The molecular formula is C16H14N2O. The number of nitrogens with zero attached hydrogens (tertiary/aromatic N) is 1. The molecule has 1 unspecified atom stereocenters. The molecule has 3 N–H and O–H groups in total. The first kappa shape index (κ1) is 11.8. The van der Waals surface area contributed by atoms with Gasteiger partial charge in [0.15, 0.2) is 5.72 Å². The van der Waals surface area contributed by atoms with E-state index in [-0.39, 0.29) is 0 Å². The van der Waals surface area contributed by atoms with Crippen molar-refractivity contribution in [3.63, 3.8) is 0 Å². The average Bonchev–Trinajstić information content (AvgIpc) is 2.43. The lowest BCUT2D eigenvalue weighted by atomic mass is 9.90. The van der Waals surface area contributed by atoms with Gasteiger partial charge in [-0.05, 0) is 23.8 Å². The Morgan fingerprint density at radius 3 is 2.42 bits per heavy atom. The number of hydrogen-bond donors (Lipinski definition) is 2. The standard InChI is InChI=1S/C16H14N2O/c17-16(19)11-10-12-6-4-5-9-14(12)15(16)18-13-7-2-1-3-8-13/h1-11,19H,17H2. The van der Waals surface area contributed by atoms with Crippen molar-refractivity contribution in [2.24, 2.45) is 10.7 Å². The number of para-hydroxylation sites is 1. The van der Waals surface area contributed by atoms with Gasteiger partial charge in [0.2, 0.25) is 0 Å². The molecule has 0 bridgehead atoms. The van der Waals surface area contributed by atoms with E-state index in [1.54, 1.807) is 6.08 Å². The van der Waals surface area contributed by atoms with E-state index in [4.69, 9.17) is 5.73 Å². The molecule has 0 heterocycles. The van der Waals surface area contributed by atoms with Crippen LogP contribution in [0.15, 0.2) is 65.7 Å². The van der Waals surface area contributed by atoms with Crippen LogP contribution in [0.3, 0.4) is 0 Å². The Kier molecular flexibility index (Phi) is 2.78. The molecule has 1 aliphatic rings. The zero-order valence-electron chi connectivity index (χ0n) is 10.3. The molecule has 0 saturated carbocycles. The minimum atomic E-state index is -1.54. The van der Waals surface area contributed by atoms with Crippen LogP contribution in [-0.2, 0) is 0 Å². The molecule has 0 aliphatic heterocycles.